The van der Waals surface area contributed by atoms with Crippen molar-refractivity contribution >= 4 is 17.7 Å². The predicted octanol–water partition coefficient (Wildman–Crippen LogP) is 0.947. The Bertz CT molecular complexity index is 161. The fourth-order valence-electron chi connectivity index (χ4n) is 1.00. The summed E-state index contributed by atoms with van der Waals surface area (Å²) in [6.07, 6.45) is 1.13. The molecular weight excluding hydrogens is 196 g/mol. The van der Waals surface area contributed by atoms with Gasteiger partial charge in [-0.05, 0) is 31.8 Å². The maximum absolute atomic E-state index is 5.31. The normalized spacial score (nSPS) is 13.9. The van der Waals surface area contributed by atoms with E-state index < -0.39 is 0 Å². The lowest BCUT2D eigenvalue weighted by atomic mass is 10.3. The van der Waals surface area contributed by atoms with Crippen LogP contribution in [0.2, 0.25) is 0 Å². The number of thioether (sulfide) groups is 1. The molecule has 0 rings (SSSR count). The second kappa shape index (κ2) is 9.15. The molecule has 0 amide bonds. The minimum absolute atomic E-state index is 0.412. The number of hydrogen-bond donors (Lipinski definition) is 3. The van der Waals surface area contributed by atoms with Crippen LogP contribution in [0, 0.1) is 0 Å². The van der Waals surface area contributed by atoms with Crippen LogP contribution in [0.1, 0.15) is 27.2 Å². The van der Waals surface area contributed by atoms with Crippen LogP contribution in [0.25, 0.3) is 0 Å². The first-order valence-electron chi connectivity index (χ1n) is 5.09. The van der Waals surface area contributed by atoms with E-state index in [2.05, 4.69) is 29.6 Å². The fourth-order valence-corrected chi connectivity index (χ4v) is 1.81. The van der Waals surface area contributed by atoms with Gasteiger partial charge in [0.1, 0.15) is 0 Å². The van der Waals surface area contributed by atoms with Crippen LogP contribution in [0.15, 0.2) is 4.99 Å². The molecule has 0 aromatic carbocycles. The SMILES string of the molecule is CCN=C(NN)NC(C)CCSCC. The molecule has 0 saturated heterocycles. The number of nitrogens with two attached hydrogens (primary N) is 1. The molecule has 0 aromatic rings. The van der Waals surface area contributed by atoms with E-state index in [9.17, 15) is 0 Å². The first kappa shape index (κ1) is 13.6. The minimum Gasteiger partial charge on any atom is -0.353 e. The number of nitrogens with zero attached hydrogens (tertiary/aromatic N) is 1. The Labute approximate surface area is 91.1 Å². The van der Waals surface area contributed by atoms with Crippen molar-refractivity contribution in [2.45, 2.75) is 33.2 Å². The molecule has 0 aliphatic rings. The van der Waals surface area contributed by atoms with Crippen LogP contribution >= 0.6 is 11.8 Å². The van der Waals surface area contributed by atoms with Gasteiger partial charge in [0, 0.05) is 12.6 Å². The van der Waals surface area contributed by atoms with Crippen LogP contribution in [0.3, 0.4) is 0 Å². The van der Waals surface area contributed by atoms with Crippen molar-refractivity contribution < 1.29 is 0 Å². The van der Waals surface area contributed by atoms with E-state index in [0.29, 0.717) is 12.0 Å². The van der Waals surface area contributed by atoms with E-state index in [4.69, 9.17) is 5.84 Å². The summed E-state index contributed by atoms with van der Waals surface area (Å²) in [6.45, 7) is 7.03. The van der Waals surface area contributed by atoms with E-state index in [1.807, 2.05) is 18.7 Å². The molecule has 84 valence electrons. The molecule has 0 radical (unpaired) electrons. The van der Waals surface area contributed by atoms with Crippen molar-refractivity contribution in [2.24, 2.45) is 10.8 Å². The van der Waals surface area contributed by atoms with Crippen molar-refractivity contribution in [3.8, 4) is 0 Å². The van der Waals surface area contributed by atoms with Gasteiger partial charge in [-0.25, -0.2) is 5.84 Å². The first-order valence-corrected chi connectivity index (χ1v) is 6.25. The van der Waals surface area contributed by atoms with Crippen molar-refractivity contribution in [1.29, 1.82) is 0 Å². The number of aliphatic imine (C=N–C) groups is 1. The van der Waals surface area contributed by atoms with Crippen molar-refractivity contribution in [3.05, 3.63) is 0 Å². The van der Waals surface area contributed by atoms with E-state index >= 15 is 0 Å². The Morgan fingerprint density at radius 1 is 1.50 bits per heavy atom. The Hall–Kier alpha value is -0.420. The summed E-state index contributed by atoms with van der Waals surface area (Å²) in [4.78, 5) is 4.17. The largest absolute Gasteiger partial charge is 0.353 e. The number of rotatable bonds is 6. The van der Waals surface area contributed by atoms with Gasteiger partial charge in [0.2, 0.25) is 5.96 Å². The average Bonchev–Trinajstić information content (AvgIpc) is 2.17. The molecule has 0 saturated carbocycles. The third-order valence-electron chi connectivity index (χ3n) is 1.74. The van der Waals surface area contributed by atoms with Gasteiger partial charge in [-0.15, -0.1) is 0 Å². The van der Waals surface area contributed by atoms with Crippen molar-refractivity contribution in [2.75, 3.05) is 18.1 Å². The molecule has 0 fully saturated rings. The minimum atomic E-state index is 0.412. The van der Waals surface area contributed by atoms with Gasteiger partial charge in [-0.3, -0.25) is 10.4 Å². The zero-order chi connectivity index (χ0) is 10.8. The summed E-state index contributed by atoms with van der Waals surface area (Å²) in [5, 5.41) is 3.23. The Morgan fingerprint density at radius 3 is 2.71 bits per heavy atom. The van der Waals surface area contributed by atoms with Crippen LogP contribution in [-0.2, 0) is 0 Å². The lowest BCUT2D eigenvalue weighted by molar-refractivity contribution is 0.630. The number of hydrogen-bond acceptors (Lipinski definition) is 3. The smallest absolute Gasteiger partial charge is 0.205 e. The second-order valence-electron chi connectivity index (χ2n) is 3.00. The highest BCUT2D eigenvalue weighted by atomic mass is 32.2. The van der Waals surface area contributed by atoms with Gasteiger partial charge in [0.15, 0.2) is 0 Å². The zero-order valence-corrected chi connectivity index (χ0v) is 10.2. The summed E-state index contributed by atoms with van der Waals surface area (Å²) in [6, 6.07) is 0.412. The topological polar surface area (TPSA) is 62.4 Å². The van der Waals surface area contributed by atoms with Gasteiger partial charge in [0.05, 0.1) is 0 Å². The highest BCUT2D eigenvalue weighted by Crippen LogP contribution is 2.03. The van der Waals surface area contributed by atoms with Crippen molar-refractivity contribution in [1.82, 2.24) is 10.7 Å². The summed E-state index contributed by atoms with van der Waals surface area (Å²) >= 11 is 1.95. The maximum atomic E-state index is 5.31. The van der Waals surface area contributed by atoms with Crippen LogP contribution in [0.5, 0.6) is 0 Å². The molecule has 0 heterocycles. The summed E-state index contributed by atoms with van der Waals surface area (Å²) in [5.41, 5.74) is 2.56. The molecule has 1 atom stereocenters. The van der Waals surface area contributed by atoms with E-state index in [-0.39, 0.29) is 0 Å². The standard InChI is InChI=1S/C9H22N4S/c1-4-11-9(13-10)12-8(3)6-7-14-5-2/h8H,4-7,10H2,1-3H3,(H2,11,12,13). The monoisotopic (exact) mass is 218 g/mol. The molecule has 0 aliphatic heterocycles. The Kier molecular flexibility index (Phi) is 8.87. The molecule has 14 heavy (non-hydrogen) atoms. The van der Waals surface area contributed by atoms with Gasteiger partial charge < -0.3 is 5.32 Å². The first-order chi connectivity index (χ1) is 6.74. The quantitative estimate of drug-likeness (QED) is 0.204. The second-order valence-corrected chi connectivity index (χ2v) is 4.39. The summed E-state index contributed by atoms with van der Waals surface area (Å²) in [7, 11) is 0. The van der Waals surface area contributed by atoms with Crippen LogP contribution < -0.4 is 16.6 Å². The fraction of sp³-hybridized carbons (Fsp3) is 0.889. The van der Waals surface area contributed by atoms with Gasteiger partial charge in [-0.1, -0.05) is 6.92 Å². The third-order valence-corrected chi connectivity index (χ3v) is 2.67. The van der Waals surface area contributed by atoms with Crippen LogP contribution in [0.4, 0.5) is 0 Å². The van der Waals surface area contributed by atoms with Gasteiger partial charge in [-0.2, -0.15) is 11.8 Å². The van der Waals surface area contributed by atoms with Crippen molar-refractivity contribution in [3.63, 3.8) is 0 Å². The molecule has 5 heteroatoms. The predicted molar refractivity (Wildman–Crippen MR) is 65.5 cm³/mol. The highest BCUT2D eigenvalue weighted by Gasteiger charge is 2.03. The van der Waals surface area contributed by atoms with Gasteiger partial charge >= 0.3 is 0 Å². The lowest BCUT2D eigenvalue weighted by Crippen LogP contribution is -2.45. The zero-order valence-electron chi connectivity index (χ0n) is 9.34. The molecule has 0 aliphatic carbocycles. The number of hydrazine groups is 1. The number of guanidine groups is 1. The molecule has 4 N–H and O–H groups in total. The Morgan fingerprint density at radius 2 is 2.21 bits per heavy atom. The molecule has 0 spiro atoms. The average molecular weight is 218 g/mol. The van der Waals surface area contributed by atoms with E-state index in [1.165, 1.54) is 11.5 Å². The van der Waals surface area contributed by atoms with E-state index in [1.54, 1.807) is 0 Å². The van der Waals surface area contributed by atoms with Crippen LogP contribution in [-0.4, -0.2) is 30.1 Å². The summed E-state index contributed by atoms with van der Waals surface area (Å²) in [5.74, 6) is 8.35. The maximum Gasteiger partial charge on any atom is 0.205 e. The summed E-state index contributed by atoms with van der Waals surface area (Å²) < 4.78 is 0. The van der Waals surface area contributed by atoms with E-state index in [0.717, 1.165) is 13.0 Å². The molecular formula is C9H22N4S. The molecule has 0 aromatic heterocycles. The Balaban J connectivity index is 3.67. The number of nitrogens with one attached hydrogen (secondary N) is 2. The molecule has 0 bridgehead atoms. The lowest BCUT2D eigenvalue weighted by Gasteiger charge is -2.15. The third kappa shape index (κ3) is 7.03. The molecule has 4 nitrogen and oxygen atoms in total. The highest BCUT2D eigenvalue weighted by molar-refractivity contribution is 7.99. The molecule has 1 unspecified atom stereocenters. The van der Waals surface area contributed by atoms with Gasteiger partial charge in [0.25, 0.3) is 0 Å².